The summed E-state index contributed by atoms with van der Waals surface area (Å²) >= 11 is 0. The van der Waals surface area contributed by atoms with Crippen molar-refractivity contribution in [2.45, 2.75) is 52.6 Å². The Morgan fingerprint density at radius 2 is 1.96 bits per heavy atom. The number of nitrogens with one attached hydrogen (secondary N) is 1. The van der Waals surface area contributed by atoms with Crippen LogP contribution in [0.1, 0.15) is 47.0 Å². The second kappa shape index (κ2) is 8.81. The molecule has 5 nitrogen and oxygen atoms in total. The Hall–Kier alpha value is -2.14. The third-order valence-corrected chi connectivity index (χ3v) is 3.95. The first-order valence-corrected chi connectivity index (χ1v) is 8.95. The number of carbonyl (C=O) groups is 1. The molecule has 0 bridgehead atoms. The summed E-state index contributed by atoms with van der Waals surface area (Å²) in [5.41, 5.74) is 0.578. The van der Waals surface area contributed by atoms with Crippen LogP contribution in [0.4, 0.5) is 5.69 Å². The molecule has 2 aromatic rings. The minimum Gasteiger partial charge on any atom is -0.491 e. The molecule has 0 atom stereocenters. The monoisotopic (exact) mass is 344 g/mol. The zero-order chi connectivity index (χ0) is 18.3. The molecule has 0 aliphatic heterocycles. The summed E-state index contributed by atoms with van der Waals surface area (Å²) in [6.45, 7) is 8.91. The number of pyridine rings is 1. The third-order valence-electron chi connectivity index (χ3n) is 3.95. The van der Waals surface area contributed by atoms with Gasteiger partial charge in [0, 0.05) is 18.2 Å². The van der Waals surface area contributed by atoms with E-state index in [9.17, 15) is 4.79 Å². The molecule has 0 fully saturated rings. The summed E-state index contributed by atoms with van der Waals surface area (Å²) in [4.78, 5) is 17.0. The van der Waals surface area contributed by atoms with E-state index in [0.29, 0.717) is 18.9 Å². The number of rotatable bonds is 9. The van der Waals surface area contributed by atoms with Crippen LogP contribution in [-0.2, 0) is 9.53 Å². The molecule has 0 saturated heterocycles. The van der Waals surface area contributed by atoms with Gasteiger partial charge >= 0.3 is 0 Å². The predicted molar refractivity (Wildman–Crippen MR) is 101 cm³/mol. The second-order valence-electron chi connectivity index (χ2n) is 6.53. The molecule has 2 rings (SSSR count). The van der Waals surface area contributed by atoms with Crippen molar-refractivity contribution < 1.29 is 14.3 Å². The smallest absolute Gasteiger partial charge is 0.256 e. The number of nitrogens with zero attached hydrogens (tertiary/aromatic N) is 1. The van der Waals surface area contributed by atoms with E-state index in [2.05, 4.69) is 17.2 Å². The number of fused-ring (bicyclic) bond motifs is 1. The summed E-state index contributed by atoms with van der Waals surface area (Å²) in [5.74, 6) is 0.564. The van der Waals surface area contributed by atoms with Crippen molar-refractivity contribution in [2.24, 2.45) is 0 Å². The minimum absolute atomic E-state index is 0.175. The van der Waals surface area contributed by atoms with E-state index in [4.69, 9.17) is 9.47 Å². The van der Waals surface area contributed by atoms with Crippen molar-refractivity contribution in [3.63, 3.8) is 0 Å². The molecule has 136 valence electrons. The summed E-state index contributed by atoms with van der Waals surface area (Å²) < 4.78 is 11.5. The maximum atomic E-state index is 12.6. The molecule has 0 spiro atoms. The Bertz CT molecular complexity index is 713. The number of ether oxygens (including phenoxy) is 2. The van der Waals surface area contributed by atoms with Gasteiger partial charge in [-0.3, -0.25) is 9.78 Å². The molecule has 0 saturated carbocycles. The molecular formula is C20H28N2O3. The van der Waals surface area contributed by atoms with Crippen LogP contribution in [0.3, 0.4) is 0 Å². The van der Waals surface area contributed by atoms with Gasteiger partial charge in [0.25, 0.3) is 5.91 Å². The number of carbonyl (C=O) groups excluding carboxylic acids is 1. The number of anilines is 1. The van der Waals surface area contributed by atoms with E-state index in [-0.39, 0.29) is 5.91 Å². The van der Waals surface area contributed by atoms with Gasteiger partial charge < -0.3 is 14.8 Å². The van der Waals surface area contributed by atoms with Crippen molar-refractivity contribution in [2.75, 3.05) is 18.5 Å². The number of unbranched alkanes of at least 4 members (excludes halogenated alkanes) is 1. The largest absolute Gasteiger partial charge is 0.491 e. The number of amides is 1. The maximum Gasteiger partial charge on any atom is 0.256 e. The third kappa shape index (κ3) is 4.92. The SMILES string of the molecule is CCCCOc1ccc(NC(=O)C(C)(C)OCCC)c2cccnc12. The molecule has 0 aliphatic rings. The van der Waals surface area contributed by atoms with Gasteiger partial charge in [0.2, 0.25) is 0 Å². The molecule has 1 heterocycles. The van der Waals surface area contributed by atoms with E-state index >= 15 is 0 Å². The highest BCUT2D eigenvalue weighted by Gasteiger charge is 2.28. The lowest BCUT2D eigenvalue weighted by Gasteiger charge is -2.24. The first kappa shape index (κ1) is 19.2. The van der Waals surface area contributed by atoms with Crippen molar-refractivity contribution in [1.29, 1.82) is 0 Å². The summed E-state index contributed by atoms with van der Waals surface area (Å²) in [6, 6.07) is 7.51. The summed E-state index contributed by atoms with van der Waals surface area (Å²) in [5, 5.41) is 3.83. The lowest BCUT2D eigenvalue weighted by Crippen LogP contribution is -2.40. The quantitative estimate of drug-likeness (QED) is 0.678. The normalized spacial score (nSPS) is 11.5. The van der Waals surface area contributed by atoms with Gasteiger partial charge in [-0.2, -0.15) is 0 Å². The molecule has 0 radical (unpaired) electrons. The molecule has 1 amide bonds. The Kier molecular flexibility index (Phi) is 6.76. The van der Waals surface area contributed by atoms with Crippen LogP contribution in [-0.4, -0.2) is 29.7 Å². The molecule has 1 N–H and O–H groups in total. The van der Waals surface area contributed by atoms with Crippen LogP contribution >= 0.6 is 0 Å². The Balaban J connectivity index is 2.24. The highest BCUT2D eigenvalue weighted by Crippen LogP contribution is 2.30. The maximum absolute atomic E-state index is 12.6. The summed E-state index contributed by atoms with van der Waals surface area (Å²) in [6.07, 6.45) is 4.67. The van der Waals surface area contributed by atoms with Crippen LogP contribution in [0.5, 0.6) is 5.75 Å². The molecule has 5 heteroatoms. The van der Waals surface area contributed by atoms with Crippen LogP contribution in [0.2, 0.25) is 0 Å². The Morgan fingerprint density at radius 3 is 2.68 bits per heavy atom. The number of hydrogen-bond donors (Lipinski definition) is 1. The molecular weight excluding hydrogens is 316 g/mol. The van der Waals surface area contributed by atoms with Gasteiger partial charge in [0.05, 0.1) is 12.3 Å². The van der Waals surface area contributed by atoms with E-state index in [1.54, 1.807) is 20.0 Å². The zero-order valence-corrected chi connectivity index (χ0v) is 15.6. The van der Waals surface area contributed by atoms with Crippen molar-refractivity contribution in [3.05, 3.63) is 30.5 Å². The molecule has 0 aliphatic carbocycles. The standard InChI is InChI=1S/C20H28N2O3/c1-5-7-14-24-17-11-10-16(15-9-8-12-21-18(15)17)22-19(23)20(3,4)25-13-6-2/h8-12H,5-7,13-14H2,1-4H3,(H,22,23). The van der Waals surface area contributed by atoms with E-state index < -0.39 is 5.60 Å². The Morgan fingerprint density at radius 1 is 1.16 bits per heavy atom. The molecule has 25 heavy (non-hydrogen) atoms. The molecule has 0 unspecified atom stereocenters. The van der Waals surface area contributed by atoms with Gasteiger partial charge in [0.1, 0.15) is 16.9 Å². The number of aromatic nitrogens is 1. The average molecular weight is 344 g/mol. The fourth-order valence-corrected chi connectivity index (χ4v) is 2.39. The first-order valence-electron chi connectivity index (χ1n) is 8.95. The van der Waals surface area contributed by atoms with Gasteiger partial charge in [-0.05, 0) is 51.0 Å². The average Bonchev–Trinajstić information content (AvgIpc) is 2.61. The van der Waals surface area contributed by atoms with Crippen LogP contribution in [0, 0.1) is 0 Å². The van der Waals surface area contributed by atoms with Gasteiger partial charge in [0.15, 0.2) is 0 Å². The van der Waals surface area contributed by atoms with E-state index in [0.717, 1.165) is 35.9 Å². The fourth-order valence-electron chi connectivity index (χ4n) is 2.39. The van der Waals surface area contributed by atoms with Gasteiger partial charge in [-0.25, -0.2) is 0 Å². The first-order chi connectivity index (χ1) is 12.0. The highest BCUT2D eigenvalue weighted by atomic mass is 16.5. The second-order valence-corrected chi connectivity index (χ2v) is 6.53. The molecule has 1 aromatic heterocycles. The van der Waals surface area contributed by atoms with E-state index in [1.807, 2.05) is 31.2 Å². The van der Waals surface area contributed by atoms with Gasteiger partial charge in [-0.15, -0.1) is 0 Å². The van der Waals surface area contributed by atoms with Crippen LogP contribution in [0.15, 0.2) is 30.5 Å². The van der Waals surface area contributed by atoms with Crippen LogP contribution < -0.4 is 10.1 Å². The molecule has 1 aromatic carbocycles. The highest BCUT2D eigenvalue weighted by molar-refractivity contribution is 6.05. The topological polar surface area (TPSA) is 60.5 Å². The van der Waals surface area contributed by atoms with E-state index in [1.165, 1.54) is 0 Å². The van der Waals surface area contributed by atoms with Crippen LogP contribution in [0.25, 0.3) is 10.9 Å². The van der Waals surface area contributed by atoms with Crippen molar-refractivity contribution in [1.82, 2.24) is 4.98 Å². The zero-order valence-electron chi connectivity index (χ0n) is 15.6. The number of benzene rings is 1. The minimum atomic E-state index is -0.888. The summed E-state index contributed by atoms with van der Waals surface area (Å²) in [7, 11) is 0. The fraction of sp³-hybridized carbons (Fsp3) is 0.500. The lowest BCUT2D eigenvalue weighted by molar-refractivity contribution is -0.137. The van der Waals surface area contributed by atoms with Crippen molar-refractivity contribution in [3.8, 4) is 5.75 Å². The lowest BCUT2D eigenvalue weighted by atomic mass is 10.1. The number of hydrogen-bond acceptors (Lipinski definition) is 4. The Labute approximate surface area is 149 Å². The van der Waals surface area contributed by atoms with Gasteiger partial charge in [-0.1, -0.05) is 20.3 Å². The van der Waals surface area contributed by atoms with Crippen molar-refractivity contribution >= 4 is 22.5 Å². The predicted octanol–water partition coefficient (Wildman–Crippen LogP) is 4.56.